The van der Waals surface area contributed by atoms with Crippen molar-refractivity contribution in [3.05, 3.63) is 53.6 Å². The highest BCUT2D eigenvalue weighted by atomic mass is 19.4. The number of nitrogens with zero attached hydrogens (tertiary/aromatic N) is 1. The van der Waals surface area contributed by atoms with E-state index in [4.69, 9.17) is 5.26 Å². The van der Waals surface area contributed by atoms with Gasteiger partial charge >= 0.3 is 6.36 Å². The highest BCUT2D eigenvalue weighted by molar-refractivity contribution is 5.74. The molecule has 2 aromatic rings. The monoisotopic (exact) mass is 291 g/mol. The molecule has 2 aromatic carbocycles. The summed E-state index contributed by atoms with van der Waals surface area (Å²) in [5.41, 5.74) is 2.47. The fraction of sp³-hybridized carbons (Fsp3) is 0.188. The van der Waals surface area contributed by atoms with E-state index >= 15 is 0 Å². The molecule has 0 amide bonds. The Morgan fingerprint density at radius 2 is 1.81 bits per heavy atom. The van der Waals surface area contributed by atoms with Crippen LogP contribution in [0.1, 0.15) is 11.1 Å². The van der Waals surface area contributed by atoms with Gasteiger partial charge in [-0.15, -0.1) is 13.2 Å². The molecule has 0 spiro atoms. The van der Waals surface area contributed by atoms with Crippen molar-refractivity contribution in [2.24, 2.45) is 0 Å². The second-order valence-electron chi connectivity index (χ2n) is 4.54. The molecule has 2 rings (SSSR count). The molecule has 0 aromatic heterocycles. The Hall–Kier alpha value is -2.48. The molecule has 0 fully saturated rings. The van der Waals surface area contributed by atoms with Crippen LogP contribution in [0.15, 0.2) is 42.5 Å². The maximum atomic E-state index is 12.5. The first-order chi connectivity index (χ1) is 9.90. The van der Waals surface area contributed by atoms with E-state index in [-0.39, 0.29) is 12.2 Å². The lowest BCUT2D eigenvalue weighted by Gasteiger charge is -2.15. The van der Waals surface area contributed by atoms with E-state index in [1.54, 1.807) is 24.3 Å². The van der Waals surface area contributed by atoms with E-state index in [1.165, 1.54) is 12.1 Å². The molecule has 2 nitrogen and oxygen atoms in total. The quantitative estimate of drug-likeness (QED) is 0.826. The summed E-state index contributed by atoms with van der Waals surface area (Å²) in [4.78, 5) is 0. The van der Waals surface area contributed by atoms with Gasteiger partial charge in [0, 0.05) is 5.56 Å². The summed E-state index contributed by atoms with van der Waals surface area (Å²) >= 11 is 0. The lowest BCUT2D eigenvalue weighted by atomic mass is 9.95. The Balaban J connectivity index is 2.57. The Morgan fingerprint density at radius 3 is 2.48 bits per heavy atom. The summed E-state index contributed by atoms with van der Waals surface area (Å²) in [6, 6.07) is 13.3. The van der Waals surface area contributed by atoms with Gasteiger partial charge in [0.1, 0.15) is 5.75 Å². The first kappa shape index (κ1) is 14.9. The van der Waals surface area contributed by atoms with Crippen molar-refractivity contribution in [1.29, 1.82) is 5.26 Å². The van der Waals surface area contributed by atoms with E-state index in [0.29, 0.717) is 16.7 Å². The largest absolute Gasteiger partial charge is 0.573 e. The summed E-state index contributed by atoms with van der Waals surface area (Å²) < 4.78 is 41.5. The zero-order valence-corrected chi connectivity index (χ0v) is 11.2. The number of nitriles is 1. The van der Waals surface area contributed by atoms with Crippen LogP contribution >= 0.6 is 0 Å². The predicted molar refractivity (Wildman–Crippen MR) is 72.6 cm³/mol. The van der Waals surface area contributed by atoms with E-state index in [2.05, 4.69) is 4.74 Å². The van der Waals surface area contributed by atoms with Gasteiger partial charge in [-0.3, -0.25) is 0 Å². The predicted octanol–water partition coefficient (Wildman–Crippen LogP) is 4.63. The summed E-state index contributed by atoms with van der Waals surface area (Å²) in [5, 5.41) is 8.85. The van der Waals surface area contributed by atoms with Crippen molar-refractivity contribution in [3.8, 4) is 22.9 Å². The average Bonchev–Trinajstić information content (AvgIpc) is 2.40. The van der Waals surface area contributed by atoms with Crippen LogP contribution in [-0.4, -0.2) is 6.36 Å². The lowest BCUT2D eigenvalue weighted by Crippen LogP contribution is -2.17. The van der Waals surface area contributed by atoms with Gasteiger partial charge < -0.3 is 4.74 Å². The van der Waals surface area contributed by atoms with Gasteiger partial charge in [0.05, 0.1) is 12.5 Å². The summed E-state index contributed by atoms with van der Waals surface area (Å²) in [6.45, 7) is 1.84. The molecule has 0 aliphatic rings. The van der Waals surface area contributed by atoms with Crippen LogP contribution in [0.25, 0.3) is 11.1 Å². The third-order valence-electron chi connectivity index (χ3n) is 2.94. The minimum absolute atomic E-state index is 0.121. The van der Waals surface area contributed by atoms with Crippen molar-refractivity contribution in [2.45, 2.75) is 19.7 Å². The molecule has 0 unspecified atom stereocenters. The number of rotatable bonds is 3. The topological polar surface area (TPSA) is 33.0 Å². The maximum absolute atomic E-state index is 12.5. The molecule has 0 atom stereocenters. The number of hydrogen-bond donors (Lipinski definition) is 0. The van der Waals surface area contributed by atoms with Crippen molar-refractivity contribution in [1.82, 2.24) is 0 Å². The van der Waals surface area contributed by atoms with Crippen LogP contribution < -0.4 is 4.74 Å². The number of hydrogen-bond acceptors (Lipinski definition) is 2. The van der Waals surface area contributed by atoms with Crippen LogP contribution in [-0.2, 0) is 6.42 Å². The van der Waals surface area contributed by atoms with Gasteiger partial charge in [-0.1, -0.05) is 42.0 Å². The summed E-state index contributed by atoms with van der Waals surface area (Å²) in [6.07, 6.45) is -4.63. The van der Waals surface area contributed by atoms with Gasteiger partial charge in [-0.05, 0) is 24.1 Å². The Kier molecular flexibility index (Phi) is 4.18. The highest BCUT2D eigenvalue weighted by Gasteiger charge is 2.32. The van der Waals surface area contributed by atoms with Gasteiger partial charge in [0.2, 0.25) is 0 Å². The fourth-order valence-electron chi connectivity index (χ4n) is 2.08. The minimum Gasteiger partial charge on any atom is -0.405 e. The zero-order chi connectivity index (χ0) is 15.5. The van der Waals surface area contributed by atoms with Crippen LogP contribution in [0.3, 0.4) is 0 Å². The van der Waals surface area contributed by atoms with Crippen LogP contribution in [0.4, 0.5) is 13.2 Å². The Morgan fingerprint density at radius 1 is 1.10 bits per heavy atom. The molecule has 0 aliphatic heterocycles. The average molecular weight is 291 g/mol. The molecule has 0 N–H and O–H groups in total. The number of alkyl halides is 3. The normalized spacial score (nSPS) is 11.0. The van der Waals surface area contributed by atoms with E-state index in [9.17, 15) is 13.2 Å². The Bertz CT molecular complexity index is 687. The van der Waals surface area contributed by atoms with Crippen LogP contribution in [0.5, 0.6) is 5.75 Å². The van der Waals surface area contributed by atoms with Gasteiger partial charge in [0.25, 0.3) is 0 Å². The molecule has 0 saturated carbocycles. The van der Waals surface area contributed by atoms with Gasteiger partial charge in [0.15, 0.2) is 0 Å². The molecule has 21 heavy (non-hydrogen) atoms. The minimum atomic E-state index is -4.75. The molecule has 108 valence electrons. The first-order valence-corrected chi connectivity index (χ1v) is 6.22. The third kappa shape index (κ3) is 3.76. The van der Waals surface area contributed by atoms with Crippen LogP contribution in [0, 0.1) is 18.3 Å². The molecular weight excluding hydrogens is 279 g/mol. The molecule has 0 aliphatic carbocycles. The lowest BCUT2D eigenvalue weighted by molar-refractivity contribution is -0.274. The van der Waals surface area contributed by atoms with Gasteiger partial charge in [-0.2, -0.15) is 5.26 Å². The molecule has 0 heterocycles. The van der Waals surface area contributed by atoms with E-state index in [1.807, 2.05) is 19.1 Å². The number of ether oxygens (including phenoxy) is 1. The van der Waals surface area contributed by atoms with Crippen molar-refractivity contribution in [2.75, 3.05) is 0 Å². The summed E-state index contributed by atoms with van der Waals surface area (Å²) in [5.74, 6) is -0.269. The zero-order valence-electron chi connectivity index (χ0n) is 11.2. The van der Waals surface area contributed by atoms with Crippen LogP contribution in [0.2, 0.25) is 0 Å². The molecule has 0 bridgehead atoms. The van der Waals surface area contributed by atoms with E-state index in [0.717, 1.165) is 5.56 Å². The van der Waals surface area contributed by atoms with Crippen molar-refractivity contribution < 1.29 is 17.9 Å². The summed E-state index contributed by atoms with van der Waals surface area (Å²) in [7, 11) is 0. The van der Waals surface area contributed by atoms with Gasteiger partial charge in [-0.25, -0.2) is 0 Å². The smallest absolute Gasteiger partial charge is 0.405 e. The first-order valence-electron chi connectivity index (χ1n) is 6.22. The standard InChI is InChI=1S/C16H12F3NO/c1-11-6-7-12(8-9-20)14(10-11)13-4-2-3-5-15(13)21-16(17,18)19/h2-7,10H,8H2,1H3. The maximum Gasteiger partial charge on any atom is 0.573 e. The van der Waals surface area contributed by atoms with E-state index < -0.39 is 6.36 Å². The molecule has 5 heteroatoms. The number of para-hydroxylation sites is 1. The number of aryl methyl sites for hydroxylation is 1. The third-order valence-corrected chi connectivity index (χ3v) is 2.94. The van der Waals surface area contributed by atoms with Crippen molar-refractivity contribution >= 4 is 0 Å². The molecule has 0 radical (unpaired) electrons. The second kappa shape index (κ2) is 5.88. The molecular formula is C16H12F3NO. The SMILES string of the molecule is Cc1ccc(CC#N)c(-c2ccccc2OC(F)(F)F)c1. The fourth-order valence-corrected chi connectivity index (χ4v) is 2.08. The Labute approximate surface area is 120 Å². The number of halogens is 3. The van der Waals surface area contributed by atoms with Crippen molar-refractivity contribution in [3.63, 3.8) is 0 Å². The molecule has 0 saturated heterocycles. The highest BCUT2D eigenvalue weighted by Crippen LogP contribution is 2.36. The number of benzene rings is 2. The second-order valence-corrected chi connectivity index (χ2v) is 4.54.